The molecular weight excluding hydrogens is 366 g/mol. The Morgan fingerprint density at radius 1 is 0.897 bits per heavy atom. The molecule has 0 saturated heterocycles. The van der Waals surface area contributed by atoms with Crippen LogP contribution in [0.4, 0.5) is 8.78 Å². The van der Waals surface area contributed by atoms with Gasteiger partial charge in [0.15, 0.2) is 11.6 Å². The van der Waals surface area contributed by atoms with Crippen molar-refractivity contribution in [3.05, 3.63) is 78.1 Å². The summed E-state index contributed by atoms with van der Waals surface area (Å²) in [5, 5.41) is 0. The monoisotopic (exact) mass is 396 g/mol. The van der Waals surface area contributed by atoms with Crippen molar-refractivity contribution in [3.63, 3.8) is 0 Å². The molecule has 2 aromatic carbocycles. The summed E-state index contributed by atoms with van der Waals surface area (Å²) >= 11 is 0. The van der Waals surface area contributed by atoms with E-state index in [1.54, 1.807) is 19.1 Å². The maximum atomic E-state index is 14.5. The van der Waals surface area contributed by atoms with Crippen LogP contribution in [0.15, 0.2) is 60.9 Å². The van der Waals surface area contributed by atoms with Crippen molar-refractivity contribution in [2.75, 3.05) is 0 Å². The van der Waals surface area contributed by atoms with Crippen LogP contribution in [0.5, 0.6) is 5.75 Å². The van der Waals surface area contributed by atoms with E-state index in [0.717, 1.165) is 5.92 Å². The second-order valence-electron chi connectivity index (χ2n) is 7.81. The minimum Gasteiger partial charge on any atom is -0.462 e. The molecule has 0 bridgehead atoms. The summed E-state index contributed by atoms with van der Waals surface area (Å²) in [6.45, 7) is 3.83. The minimum absolute atomic E-state index is 0.104. The zero-order valence-corrected chi connectivity index (χ0v) is 17.3. The molecule has 1 fully saturated rings. The average Bonchev–Trinajstić information content (AvgIpc) is 2.76. The first-order chi connectivity index (χ1) is 14.1. The molecule has 1 saturated carbocycles. The number of hydrogen-bond donors (Lipinski definition) is 0. The highest BCUT2D eigenvalue weighted by molar-refractivity contribution is 5.65. The van der Waals surface area contributed by atoms with Gasteiger partial charge in [-0.2, -0.15) is 4.39 Å². The largest absolute Gasteiger partial charge is 0.462 e. The minimum atomic E-state index is -0.957. The van der Waals surface area contributed by atoms with E-state index in [2.05, 4.69) is 31.2 Å². The summed E-state index contributed by atoms with van der Waals surface area (Å²) in [4.78, 5) is 0. The molecule has 0 aromatic heterocycles. The van der Waals surface area contributed by atoms with Crippen LogP contribution in [0.3, 0.4) is 0 Å². The van der Waals surface area contributed by atoms with E-state index in [-0.39, 0.29) is 11.3 Å². The SMILES string of the molecule is CC=CCCC1CCC(c2ccc(-c3ccc(OC=CC)c(F)c3F)cc2)CC1. The van der Waals surface area contributed by atoms with E-state index in [1.807, 2.05) is 12.1 Å². The van der Waals surface area contributed by atoms with E-state index >= 15 is 0 Å². The van der Waals surface area contributed by atoms with Gasteiger partial charge in [-0.25, -0.2) is 4.39 Å². The summed E-state index contributed by atoms with van der Waals surface area (Å²) in [6.07, 6.45) is 14.8. The summed E-state index contributed by atoms with van der Waals surface area (Å²) in [7, 11) is 0. The van der Waals surface area contributed by atoms with Crippen molar-refractivity contribution in [1.29, 1.82) is 0 Å². The van der Waals surface area contributed by atoms with Crippen LogP contribution >= 0.6 is 0 Å². The second-order valence-corrected chi connectivity index (χ2v) is 7.81. The quantitative estimate of drug-likeness (QED) is 0.339. The molecule has 0 heterocycles. The molecule has 1 nitrogen and oxygen atoms in total. The average molecular weight is 397 g/mol. The lowest BCUT2D eigenvalue weighted by atomic mass is 9.77. The van der Waals surface area contributed by atoms with Crippen molar-refractivity contribution in [3.8, 4) is 16.9 Å². The lowest BCUT2D eigenvalue weighted by Crippen LogP contribution is -2.13. The Morgan fingerprint density at radius 3 is 2.28 bits per heavy atom. The predicted octanol–water partition coefficient (Wildman–Crippen LogP) is 8.17. The predicted molar refractivity (Wildman–Crippen MR) is 116 cm³/mol. The lowest BCUT2D eigenvalue weighted by Gasteiger charge is -2.28. The Labute approximate surface area is 173 Å². The Morgan fingerprint density at radius 2 is 1.62 bits per heavy atom. The first-order valence-corrected chi connectivity index (χ1v) is 10.6. The van der Waals surface area contributed by atoms with Gasteiger partial charge in [0.05, 0.1) is 6.26 Å². The first kappa shape index (κ1) is 21.3. The zero-order chi connectivity index (χ0) is 20.6. The highest BCUT2D eigenvalue weighted by atomic mass is 19.2. The lowest BCUT2D eigenvalue weighted by molar-refractivity contribution is 0.312. The van der Waals surface area contributed by atoms with Crippen molar-refractivity contribution in [1.82, 2.24) is 0 Å². The van der Waals surface area contributed by atoms with Gasteiger partial charge in [-0.15, -0.1) is 0 Å². The number of hydrogen-bond acceptors (Lipinski definition) is 1. The van der Waals surface area contributed by atoms with E-state index < -0.39 is 11.6 Å². The fourth-order valence-corrected chi connectivity index (χ4v) is 4.20. The van der Waals surface area contributed by atoms with E-state index in [4.69, 9.17) is 4.74 Å². The van der Waals surface area contributed by atoms with Crippen molar-refractivity contribution >= 4 is 0 Å². The van der Waals surface area contributed by atoms with E-state index in [0.29, 0.717) is 11.5 Å². The molecule has 0 spiro atoms. The Balaban J connectivity index is 1.66. The van der Waals surface area contributed by atoms with Gasteiger partial charge in [-0.05, 0) is 87.5 Å². The molecule has 0 amide bonds. The van der Waals surface area contributed by atoms with Crippen LogP contribution in [-0.2, 0) is 0 Å². The third-order valence-corrected chi connectivity index (χ3v) is 5.90. The second kappa shape index (κ2) is 10.4. The number of halogens is 2. The summed E-state index contributed by atoms with van der Waals surface area (Å²) < 4.78 is 33.9. The molecule has 2 aromatic rings. The topological polar surface area (TPSA) is 9.23 Å². The first-order valence-electron chi connectivity index (χ1n) is 10.6. The fourth-order valence-electron chi connectivity index (χ4n) is 4.20. The molecule has 3 rings (SSSR count). The normalized spacial score (nSPS) is 19.9. The van der Waals surface area contributed by atoms with Gasteiger partial charge in [0.1, 0.15) is 0 Å². The van der Waals surface area contributed by atoms with Gasteiger partial charge in [-0.3, -0.25) is 0 Å². The third kappa shape index (κ3) is 5.35. The fraction of sp³-hybridized carbons (Fsp3) is 0.385. The number of benzene rings is 2. The van der Waals surface area contributed by atoms with Crippen molar-refractivity contribution in [2.24, 2.45) is 5.92 Å². The molecule has 0 atom stereocenters. The zero-order valence-electron chi connectivity index (χ0n) is 17.3. The molecule has 0 radical (unpaired) electrons. The van der Waals surface area contributed by atoms with Crippen LogP contribution < -0.4 is 4.74 Å². The van der Waals surface area contributed by atoms with Crippen LogP contribution in [0.2, 0.25) is 0 Å². The molecule has 1 aliphatic carbocycles. The van der Waals surface area contributed by atoms with Crippen LogP contribution in [0, 0.1) is 17.6 Å². The molecule has 0 N–H and O–H groups in total. The standard InChI is InChI=1S/C26H30F2O/c1-3-5-6-7-19-8-10-20(11-9-19)21-12-14-22(15-13-21)23-16-17-24(29-18-4-2)26(28)25(23)27/h3-5,12-20H,6-11H2,1-2H3. The Kier molecular flexibility index (Phi) is 7.62. The Bertz CT molecular complexity index is 844. The molecule has 1 aliphatic rings. The third-order valence-electron chi connectivity index (χ3n) is 5.90. The molecule has 154 valence electrons. The van der Waals surface area contributed by atoms with Crippen LogP contribution in [0.25, 0.3) is 11.1 Å². The van der Waals surface area contributed by atoms with Crippen molar-refractivity contribution < 1.29 is 13.5 Å². The van der Waals surface area contributed by atoms with Gasteiger partial charge in [-0.1, -0.05) is 42.5 Å². The Hall–Kier alpha value is -2.42. The summed E-state index contributed by atoms with van der Waals surface area (Å²) in [6, 6.07) is 11.0. The maximum Gasteiger partial charge on any atom is 0.201 e. The molecular formula is C26H30F2O. The number of rotatable bonds is 7. The molecule has 0 aliphatic heterocycles. The summed E-state index contributed by atoms with van der Waals surface area (Å²) in [5.41, 5.74) is 2.24. The van der Waals surface area contributed by atoms with Gasteiger partial charge in [0.2, 0.25) is 5.82 Å². The number of allylic oxidation sites excluding steroid dienone is 3. The van der Waals surface area contributed by atoms with Crippen LogP contribution in [-0.4, -0.2) is 0 Å². The highest BCUT2D eigenvalue weighted by Gasteiger charge is 2.22. The maximum absolute atomic E-state index is 14.5. The van der Waals surface area contributed by atoms with Gasteiger partial charge in [0, 0.05) is 5.56 Å². The molecule has 3 heteroatoms. The number of ether oxygens (including phenoxy) is 1. The molecule has 0 unspecified atom stereocenters. The smallest absolute Gasteiger partial charge is 0.201 e. The van der Waals surface area contributed by atoms with Crippen LogP contribution in [0.1, 0.15) is 63.9 Å². The van der Waals surface area contributed by atoms with E-state index in [1.165, 1.54) is 56.4 Å². The van der Waals surface area contributed by atoms with E-state index in [9.17, 15) is 8.78 Å². The van der Waals surface area contributed by atoms with Gasteiger partial charge >= 0.3 is 0 Å². The van der Waals surface area contributed by atoms with Crippen molar-refractivity contribution in [2.45, 2.75) is 58.3 Å². The highest BCUT2D eigenvalue weighted by Crippen LogP contribution is 2.38. The molecule has 29 heavy (non-hydrogen) atoms. The van der Waals surface area contributed by atoms with Gasteiger partial charge < -0.3 is 4.74 Å². The van der Waals surface area contributed by atoms with Gasteiger partial charge in [0.25, 0.3) is 0 Å². The summed E-state index contributed by atoms with van der Waals surface area (Å²) in [5.74, 6) is -0.531.